The lowest BCUT2D eigenvalue weighted by Gasteiger charge is -2.42. The molecule has 1 aliphatic carbocycles. The first-order valence-electron chi connectivity index (χ1n) is 21.6. The average molecular weight is 770 g/mol. The Morgan fingerprint density at radius 3 is 1.53 bits per heavy atom. The third kappa shape index (κ3) is 4.93. The number of hydrogen-bond donors (Lipinski definition) is 0. The third-order valence-corrected chi connectivity index (χ3v) is 14.6. The van der Waals surface area contributed by atoms with Crippen molar-refractivity contribution in [1.82, 2.24) is 0 Å². The number of benzene rings is 10. The fourth-order valence-corrected chi connectivity index (χ4v) is 12.3. The zero-order valence-electron chi connectivity index (χ0n) is 34.8. The van der Waals surface area contributed by atoms with E-state index < -0.39 is 0 Å². The zero-order chi connectivity index (χ0) is 40.4. The monoisotopic (exact) mass is 769 g/mol. The molecule has 1 fully saturated rings. The van der Waals surface area contributed by atoms with Crippen LogP contribution in [0.1, 0.15) is 46.1 Å². The van der Waals surface area contributed by atoms with Crippen molar-refractivity contribution in [1.29, 1.82) is 0 Å². The molecular weight excluding hydrogens is 723 g/mol. The molecule has 0 bridgehead atoms. The van der Waals surface area contributed by atoms with Crippen molar-refractivity contribution in [2.24, 2.45) is 5.41 Å². The number of anilines is 2. The molecule has 10 aromatic rings. The molecule has 1 nitrogen and oxygen atoms in total. The molecule has 60 heavy (non-hydrogen) atoms. The van der Waals surface area contributed by atoms with Crippen LogP contribution in [0.15, 0.2) is 188 Å². The third-order valence-electron chi connectivity index (χ3n) is 14.6. The molecule has 1 heteroatoms. The Morgan fingerprint density at radius 1 is 0.383 bits per heavy atom. The molecule has 0 N–H and O–H groups in total. The van der Waals surface area contributed by atoms with Gasteiger partial charge in [0.15, 0.2) is 0 Å². The number of nitrogens with zero attached hydrogens (tertiary/aromatic N) is 1. The van der Waals surface area contributed by atoms with Crippen molar-refractivity contribution in [3.63, 3.8) is 0 Å². The maximum Gasteiger partial charge on any atom is 0.0523 e. The van der Waals surface area contributed by atoms with E-state index in [1.165, 1.54) is 105 Å². The first-order chi connectivity index (χ1) is 29.2. The lowest BCUT2D eigenvalue weighted by molar-refractivity contribution is 0.330. The minimum absolute atomic E-state index is 0.0261. The van der Waals surface area contributed by atoms with Gasteiger partial charge < -0.3 is 4.90 Å². The number of para-hydroxylation sites is 1. The van der Waals surface area contributed by atoms with Crippen LogP contribution in [-0.4, -0.2) is 5.54 Å². The van der Waals surface area contributed by atoms with E-state index in [-0.39, 0.29) is 16.4 Å². The van der Waals surface area contributed by atoms with Crippen molar-refractivity contribution in [3.05, 3.63) is 194 Å². The summed E-state index contributed by atoms with van der Waals surface area (Å²) in [6.45, 7) is 10.0. The molecule has 0 saturated heterocycles. The van der Waals surface area contributed by atoms with Gasteiger partial charge in [0, 0.05) is 16.8 Å². The average Bonchev–Trinajstić information content (AvgIpc) is 3.59. The predicted molar refractivity (Wildman–Crippen MR) is 257 cm³/mol. The number of hydrogen-bond acceptors (Lipinski definition) is 1. The Hall–Kier alpha value is -6.70. The molecule has 2 aliphatic rings. The Balaban J connectivity index is 1.19. The second kappa shape index (κ2) is 12.7. The van der Waals surface area contributed by atoms with E-state index >= 15 is 0 Å². The number of fused-ring (bicyclic) bond motifs is 4. The van der Waals surface area contributed by atoms with Gasteiger partial charge in [-0.1, -0.05) is 172 Å². The zero-order valence-corrected chi connectivity index (χ0v) is 34.8. The fraction of sp³-hybridized carbons (Fsp3) is 0.153. The van der Waals surface area contributed by atoms with Crippen molar-refractivity contribution < 1.29 is 0 Å². The molecule has 1 aliphatic heterocycles. The summed E-state index contributed by atoms with van der Waals surface area (Å²) in [4.78, 5) is 2.68. The molecule has 1 heterocycles. The van der Waals surface area contributed by atoms with E-state index in [2.05, 4.69) is 221 Å². The summed E-state index contributed by atoms with van der Waals surface area (Å²) >= 11 is 0. The normalized spacial score (nSPS) is 19.4. The van der Waals surface area contributed by atoms with Crippen molar-refractivity contribution >= 4 is 54.5 Å². The Morgan fingerprint density at radius 2 is 0.900 bits per heavy atom. The highest BCUT2D eigenvalue weighted by atomic mass is 15.3. The molecule has 0 spiro atoms. The van der Waals surface area contributed by atoms with Gasteiger partial charge in [0.2, 0.25) is 0 Å². The Bertz CT molecular complexity index is 3300. The highest BCUT2D eigenvalue weighted by Crippen LogP contribution is 2.67. The van der Waals surface area contributed by atoms with E-state index in [1.54, 1.807) is 0 Å². The van der Waals surface area contributed by atoms with Gasteiger partial charge >= 0.3 is 0 Å². The smallest absolute Gasteiger partial charge is 0.0523 e. The molecule has 288 valence electrons. The topological polar surface area (TPSA) is 3.24 Å². The Labute approximate surface area is 352 Å². The summed E-state index contributed by atoms with van der Waals surface area (Å²) in [5, 5.41) is 10.4. The van der Waals surface area contributed by atoms with Crippen LogP contribution in [-0.2, 0) is 5.41 Å². The minimum atomic E-state index is -0.0531. The van der Waals surface area contributed by atoms with Crippen LogP contribution < -0.4 is 4.90 Å². The van der Waals surface area contributed by atoms with Crippen LogP contribution in [0.5, 0.6) is 0 Å². The summed E-state index contributed by atoms with van der Waals surface area (Å²) in [7, 11) is 0. The maximum atomic E-state index is 2.68. The van der Waals surface area contributed by atoms with Crippen molar-refractivity contribution in [2.75, 3.05) is 4.90 Å². The lowest BCUT2D eigenvalue weighted by atomic mass is 9.71. The van der Waals surface area contributed by atoms with Gasteiger partial charge in [-0.25, -0.2) is 0 Å². The standard InChI is InChI=1S/C59H47N/c1-57(2)36-58(3)53-33-41(27-32-54(53)60(59(58,4)37-57)42-23-12-7-13-24-42)51-34-49(39-17-8-5-9-18-39)45-30-31-48-52(44-26-16-22-38-21-14-15-25-43(38)44)35-50(40-19-10-6-11-20-40)46-28-29-47(51)55(45)56(46)48/h5-35H,36-37H2,1-4H3. The summed E-state index contributed by atoms with van der Waals surface area (Å²) in [6.07, 6.45) is 2.28. The summed E-state index contributed by atoms with van der Waals surface area (Å²) in [5.41, 5.74) is 14.3. The largest absolute Gasteiger partial charge is 0.334 e. The molecule has 0 amide bonds. The minimum Gasteiger partial charge on any atom is -0.334 e. The highest BCUT2D eigenvalue weighted by molar-refractivity contribution is 6.32. The maximum absolute atomic E-state index is 2.68. The van der Waals surface area contributed by atoms with Gasteiger partial charge in [-0.2, -0.15) is 0 Å². The first-order valence-corrected chi connectivity index (χ1v) is 21.6. The lowest BCUT2D eigenvalue weighted by Crippen LogP contribution is -2.49. The first kappa shape index (κ1) is 35.3. The van der Waals surface area contributed by atoms with E-state index in [1.807, 2.05) is 0 Å². The molecular formula is C59H47N. The molecule has 10 aromatic carbocycles. The van der Waals surface area contributed by atoms with E-state index in [0.717, 1.165) is 12.8 Å². The number of rotatable bonds is 5. The molecule has 12 rings (SSSR count). The van der Waals surface area contributed by atoms with Crippen LogP contribution in [0.25, 0.3) is 87.6 Å². The predicted octanol–water partition coefficient (Wildman–Crippen LogP) is 16.4. The van der Waals surface area contributed by atoms with Crippen LogP contribution in [0.2, 0.25) is 0 Å². The summed E-state index contributed by atoms with van der Waals surface area (Å²) in [5.74, 6) is 0. The summed E-state index contributed by atoms with van der Waals surface area (Å²) in [6, 6.07) is 70.7. The quantitative estimate of drug-likeness (QED) is 0.158. The van der Waals surface area contributed by atoms with Gasteiger partial charge in [0.05, 0.1) is 5.54 Å². The van der Waals surface area contributed by atoms with E-state index in [4.69, 9.17) is 0 Å². The Kier molecular flexibility index (Phi) is 7.44. The second-order valence-electron chi connectivity index (χ2n) is 18.8. The fourth-order valence-electron chi connectivity index (χ4n) is 12.3. The van der Waals surface area contributed by atoms with Gasteiger partial charge in [-0.3, -0.25) is 0 Å². The van der Waals surface area contributed by atoms with Crippen molar-refractivity contribution in [3.8, 4) is 44.5 Å². The van der Waals surface area contributed by atoms with Gasteiger partial charge in [-0.15, -0.1) is 0 Å². The van der Waals surface area contributed by atoms with Gasteiger partial charge in [0.1, 0.15) is 0 Å². The van der Waals surface area contributed by atoms with Gasteiger partial charge in [-0.05, 0) is 155 Å². The molecule has 0 aromatic heterocycles. The molecule has 1 saturated carbocycles. The second-order valence-corrected chi connectivity index (χ2v) is 18.8. The van der Waals surface area contributed by atoms with Gasteiger partial charge in [0.25, 0.3) is 0 Å². The van der Waals surface area contributed by atoms with Crippen molar-refractivity contribution in [2.45, 2.75) is 51.5 Å². The van der Waals surface area contributed by atoms with Crippen LogP contribution >= 0.6 is 0 Å². The SMILES string of the molecule is CC1(C)CC2(C)c3cc(-c4cc(-c5ccccc5)c5ccc6c(-c7cccc8ccccc78)cc(-c7ccccc7)c7ccc4c5c76)ccc3N(c3ccccc3)C2(C)C1. The highest BCUT2D eigenvalue weighted by Gasteiger charge is 2.64. The van der Waals surface area contributed by atoms with Crippen LogP contribution in [0, 0.1) is 5.41 Å². The van der Waals surface area contributed by atoms with Crippen LogP contribution in [0.3, 0.4) is 0 Å². The molecule has 2 atom stereocenters. The van der Waals surface area contributed by atoms with E-state index in [9.17, 15) is 0 Å². The van der Waals surface area contributed by atoms with E-state index in [0.29, 0.717) is 0 Å². The van der Waals surface area contributed by atoms with Crippen LogP contribution in [0.4, 0.5) is 11.4 Å². The molecule has 2 unspecified atom stereocenters. The summed E-state index contributed by atoms with van der Waals surface area (Å²) < 4.78 is 0. The molecule has 0 radical (unpaired) electrons.